The Labute approximate surface area is 209 Å². The summed E-state index contributed by atoms with van der Waals surface area (Å²) in [5.74, 6) is 1.76. The number of nitrogens with zero attached hydrogens (tertiary/aromatic N) is 3. The minimum atomic E-state index is -0.194. The number of likely N-dealkylation sites (tertiary alicyclic amines) is 1. The van der Waals surface area contributed by atoms with Crippen molar-refractivity contribution < 1.29 is 18.4 Å². The Morgan fingerprint density at radius 1 is 1.06 bits per heavy atom. The number of ether oxygens (including phenoxy) is 1. The van der Waals surface area contributed by atoms with Crippen molar-refractivity contribution in [3.8, 4) is 28.4 Å². The molecule has 36 heavy (non-hydrogen) atoms. The monoisotopic (exact) mass is 487 g/mol. The highest BCUT2D eigenvalue weighted by Gasteiger charge is 2.24. The minimum Gasteiger partial charge on any atom is -0.496 e. The van der Waals surface area contributed by atoms with Gasteiger partial charge in [-0.1, -0.05) is 18.6 Å². The zero-order valence-electron chi connectivity index (χ0n) is 20.4. The molecule has 186 valence electrons. The fourth-order valence-corrected chi connectivity index (χ4v) is 4.42. The van der Waals surface area contributed by atoms with E-state index in [1.807, 2.05) is 49.4 Å². The lowest BCUT2D eigenvalue weighted by atomic mass is 10.1. The molecular weight excluding hydrogens is 458 g/mol. The van der Waals surface area contributed by atoms with Gasteiger partial charge in [-0.3, -0.25) is 9.69 Å². The number of carbonyl (C=O) groups excluding carboxylic acids is 1. The van der Waals surface area contributed by atoms with Crippen molar-refractivity contribution in [3.05, 3.63) is 61.3 Å². The van der Waals surface area contributed by atoms with Crippen molar-refractivity contribution in [1.29, 1.82) is 0 Å². The summed E-state index contributed by atoms with van der Waals surface area (Å²) in [7, 11) is 1.60. The van der Waals surface area contributed by atoms with Gasteiger partial charge in [0.15, 0.2) is 17.9 Å². The molecule has 2 aromatic heterocycles. The van der Waals surface area contributed by atoms with Crippen LogP contribution in [0.1, 0.15) is 26.2 Å². The molecule has 3 heterocycles. The van der Waals surface area contributed by atoms with Gasteiger partial charge in [-0.15, -0.1) is 0 Å². The van der Waals surface area contributed by atoms with Crippen LogP contribution in [0.3, 0.4) is 0 Å². The van der Waals surface area contributed by atoms with E-state index in [1.165, 1.54) is 12.8 Å². The zero-order valence-corrected chi connectivity index (χ0v) is 20.4. The second kappa shape index (κ2) is 10.7. The summed E-state index contributed by atoms with van der Waals surface area (Å²) in [4.78, 5) is 23.6. The van der Waals surface area contributed by atoms with Gasteiger partial charge in [-0.25, -0.2) is 9.97 Å². The number of nitrogens with one attached hydrogen (secondary N) is 2. The number of amides is 1. The maximum absolute atomic E-state index is 13.0. The third-order valence-electron chi connectivity index (χ3n) is 6.42. The van der Waals surface area contributed by atoms with E-state index in [4.69, 9.17) is 13.6 Å². The zero-order chi connectivity index (χ0) is 24.9. The summed E-state index contributed by atoms with van der Waals surface area (Å²) in [6.07, 6.45) is 8.15. The number of methoxy groups -OCH3 is 1. The van der Waals surface area contributed by atoms with Crippen LogP contribution >= 0.6 is 0 Å². The molecule has 1 fully saturated rings. The molecule has 1 amide bonds. The van der Waals surface area contributed by atoms with Gasteiger partial charge < -0.3 is 24.2 Å². The van der Waals surface area contributed by atoms with E-state index < -0.39 is 0 Å². The maximum Gasteiger partial charge on any atom is 0.299 e. The molecule has 0 aliphatic carbocycles. The van der Waals surface area contributed by atoms with Gasteiger partial charge in [0, 0.05) is 17.3 Å². The summed E-state index contributed by atoms with van der Waals surface area (Å²) in [6, 6.07) is 13.3. The topological polar surface area (TPSA) is 106 Å². The first-order chi connectivity index (χ1) is 17.6. The van der Waals surface area contributed by atoms with E-state index in [0.29, 0.717) is 29.0 Å². The molecular formula is C27H29N5O4. The fourth-order valence-electron chi connectivity index (χ4n) is 4.42. The van der Waals surface area contributed by atoms with Crippen LogP contribution in [0.2, 0.25) is 0 Å². The first-order valence-corrected chi connectivity index (χ1v) is 12.1. The maximum atomic E-state index is 13.0. The van der Waals surface area contributed by atoms with Gasteiger partial charge in [0.05, 0.1) is 36.8 Å². The Morgan fingerprint density at radius 3 is 2.67 bits per heavy atom. The lowest BCUT2D eigenvalue weighted by Gasteiger charge is -2.31. The molecule has 1 aliphatic rings. The predicted octanol–water partition coefficient (Wildman–Crippen LogP) is 5.56. The number of oxazole rings is 2. The quantitative estimate of drug-likeness (QED) is 0.333. The Morgan fingerprint density at radius 2 is 1.89 bits per heavy atom. The largest absolute Gasteiger partial charge is 0.496 e. The normalized spacial score (nSPS) is 14.8. The summed E-state index contributed by atoms with van der Waals surface area (Å²) < 4.78 is 16.9. The first-order valence-electron chi connectivity index (χ1n) is 12.1. The third-order valence-corrected chi connectivity index (χ3v) is 6.42. The second-order valence-electron chi connectivity index (χ2n) is 8.74. The Kier molecular flexibility index (Phi) is 6.99. The molecule has 0 bridgehead atoms. The fraction of sp³-hybridized carbons (Fsp3) is 0.296. The summed E-state index contributed by atoms with van der Waals surface area (Å²) in [6.45, 7) is 3.87. The predicted molar refractivity (Wildman–Crippen MR) is 137 cm³/mol. The van der Waals surface area contributed by atoms with Crippen molar-refractivity contribution in [3.63, 3.8) is 0 Å². The molecule has 1 unspecified atom stereocenters. The molecule has 2 aromatic carbocycles. The van der Waals surface area contributed by atoms with E-state index in [9.17, 15) is 4.79 Å². The highest BCUT2D eigenvalue weighted by molar-refractivity contribution is 5.97. The molecule has 1 atom stereocenters. The molecule has 2 N–H and O–H groups in total. The molecule has 0 spiro atoms. The van der Waals surface area contributed by atoms with Crippen LogP contribution in [0, 0.1) is 0 Å². The van der Waals surface area contributed by atoms with Crippen LogP contribution in [0.5, 0.6) is 5.75 Å². The smallest absolute Gasteiger partial charge is 0.299 e. The third kappa shape index (κ3) is 5.11. The van der Waals surface area contributed by atoms with E-state index in [2.05, 4.69) is 25.5 Å². The molecule has 0 radical (unpaired) electrons. The number of carbonyl (C=O) groups is 1. The molecule has 1 saturated heterocycles. The van der Waals surface area contributed by atoms with Crippen molar-refractivity contribution in [2.45, 2.75) is 32.2 Å². The minimum absolute atomic E-state index is 0.0267. The molecule has 1 aliphatic heterocycles. The molecule has 9 nitrogen and oxygen atoms in total. The number of piperidine rings is 1. The standard InChI is InChI=1S/C27H29N5O4/c1-18(32-12-6-3-7-13-32)26(33)31-22-9-5-4-8-20(22)25-16-29-27(36-25)30-19-10-11-21(23(14-19)34-2)24-15-28-17-35-24/h4-5,8-11,14-18H,3,6-7,12-13H2,1-2H3,(H,29,30)(H,31,33). The van der Waals surface area contributed by atoms with E-state index >= 15 is 0 Å². The molecule has 4 aromatic rings. The highest BCUT2D eigenvalue weighted by Crippen LogP contribution is 2.34. The van der Waals surface area contributed by atoms with Gasteiger partial charge >= 0.3 is 0 Å². The molecule has 5 rings (SSSR count). The van der Waals surface area contributed by atoms with Gasteiger partial charge in [-0.2, -0.15) is 0 Å². The number of benzene rings is 2. The number of rotatable bonds is 8. The lowest BCUT2D eigenvalue weighted by Crippen LogP contribution is -2.44. The SMILES string of the molecule is COc1cc(Nc2ncc(-c3ccccc3NC(=O)C(C)N3CCCCC3)o2)ccc1-c1cnco1. The lowest BCUT2D eigenvalue weighted by molar-refractivity contribution is -0.121. The van der Waals surface area contributed by atoms with Gasteiger partial charge in [-0.05, 0) is 57.1 Å². The number of aromatic nitrogens is 2. The Bertz CT molecular complexity index is 1310. The van der Waals surface area contributed by atoms with Crippen LogP contribution in [-0.2, 0) is 4.79 Å². The van der Waals surface area contributed by atoms with Gasteiger partial charge in [0.25, 0.3) is 6.01 Å². The second-order valence-corrected chi connectivity index (χ2v) is 8.74. The van der Waals surface area contributed by atoms with Gasteiger partial charge in [0.1, 0.15) is 5.75 Å². The van der Waals surface area contributed by atoms with Gasteiger partial charge in [0.2, 0.25) is 5.91 Å². The average molecular weight is 488 g/mol. The van der Waals surface area contributed by atoms with Crippen LogP contribution in [-0.4, -0.2) is 47.0 Å². The van der Waals surface area contributed by atoms with E-state index in [1.54, 1.807) is 19.5 Å². The van der Waals surface area contributed by atoms with Crippen molar-refractivity contribution in [2.24, 2.45) is 0 Å². The van der Waals surface area contributed by atoms with Crippen molar-refractivity contribution in [1.82, 2.24) is 14.9 Å². The highest BCUT2D eigenvalue weighted by atomic mass is 16.5. The van der Waals surface area contributed by atoms with Crippen molar-refractivity contribution >= 4 is 23.3 Å². The van der Waals surface area contributed by atoms with Crippen LogP contribution < -0.4 is 15.4 Å². The van der Waals surface area contributed by atoms with Crippen LogP contribution in [0.4, 0.5) is 17.4 Å². The first kappa shape index (κ1) is 23.6. The summed E-state index contributed by atoms with van der Waals surface area (Å²) in [5.41, 5.74) is 2.97. The van der Waals surface area contributed by atoms with Crippen molar-refractivity contribution in [2.75, 3.05) is 30.8 Å². The Hall–Kier alpha value is -4.11. The molecule has 9 heteroatoms. The number of hydrogen-bond acceptors (Lipinski definition) is 8. The number of para-hydroxylation sites is 1. The summed E-state index contributed by atoms with van der Waals surface area (Å²) >= 11 is 0. The van der Waals surface area contributed by atoms with E-state index in [0.717, 1.165) is 42.7 Å². The Balaban J connectivity index is 1.31. The van der Waals surface area contributed by atoms with Crippen LogP contribution in [0.15, 0.2) is 70.1 Å². The van der Waals surface area contributed by atoms with Crippen LogP contribution in [0.25, 0.3) is 22.6 Å². The van der Waals surface area contributed by atoms with E-state index in [-0.39, 0.29) is 11.9 Å². The number of hydrogen-bond donors (Lipinski definition) is 2. The summed E-state index contributed by atoms with van der Waals surface area (Å²) in [5, 5.41) is 6.25. The number of anilines is 3. The molecule has 0 saturated carbocycles. The average Bonchev–Trinajstić information content (AvgIpc) is 3.62.